The number of rotatable bonds is 9. The topological polar surface area (TPSA) is 114 Å². The first kappa shape index (κ1) is 28.5. The highest BCUT2D eigenvalue weighted by Gasteiger charge is 2.48. The summed E-state index contributed by atoms with van der Waals surface area (Å²) in [6.07, 6.45) is -0.0325. The van der Waals surface area contributed by atoms with Crippen LogP contribution in [0.2, 0.25) is 0 Å². The largest absolute Gasteiger partial charge is 0.468 e. The van der Waals surface area contributed by atoms with Gasteiger partial charge in [-0.25, -0.2) is 4.79 Å². The molecule has 0 radical (unpaired) electrons. The fraction of sp³-hybridized carbons (Fsp3) is 0.600. The number of aryl methyl sites for hydroxylation is 2. The Morgan fingerprint density at radius 1 is 1.17 bits per heavy atom. The van der Waals surface area contributed by atoms with Crippen LogP contribution in [0.5, 0.6) is 0 Å². The number of thiol groups is 1. The van der Waals surface area contributed by atoms with Crippen LogP contribution in [0.15, 0.2) is 18.2 Å². The minimum atomic E-state index is -1.01. The first-order valence-corrected chi connectivity index (χ1v) is 12.3. The second-order valence-electron chi connectivity index (χ2n) is 9.95. The maximum absolute atomic E-state index is 13.8. The number of alkyl carbamates (subject to hydrolysis) is 1. The molecule has 0 heterocycles. The fourth-order valence-corrected chi connectivity index (χ4v) is 3.94. The molecule has 0 spiro atoms. The SMILES string of the molecule is COC(=O)CNC(=O)C(c1ccc(C)c(C)c1)N(C(=O)C(CS)NC(=O)OC(C)(C)C)C1CC1C. The Hall–Kier alpha value is -2.75. The Balaban J connectivity index is 2.44. The molecule has 2 rings (SSSR count). The lowest BCUT2D eigenvalue weighted by Crippen LogP contribution is -2.55. The van der Waals surface area contributed by atoms with Crippen LogP contribution in [0.3, 0.4) is 0 Å². The third-order valence-electron chi connectivity index (χ3n) is 5.86. The van der Waals surface area contributed by atoms with Crippen molar-refractivity contribution in [3.63, 3.8) is 0 Å². The van der Waals surface area contributed by atoms with E-state index in [4.69, 9.17) is 4.74 Å². The fourth-order valence-electron chi connectivity index (χ4n) is 3.69. The monoisotopic (exact) mass is 507 g/mol. The molecule has 0 saturated heterocycles. The number of amides is 3. The molecule has 1 aliphatic rings. The van der Waals surface area contributed by atoms with E-state index in [0.29, 0.717) is 12.0 Å². The quantitative estimate of drug-likeness (QED) is 0.350. The Labute approximate surface area is 212 Å². The summed E-state index contributed by atoms with van der Waals surface area (Å²) < 4.78 is 9.95. The Morgan fingerprint density at radius 2 is 1.80 bits per heavy atom. The molecule has 4 atom stereocenters. The van der Waals surface area contributed by atoms with Gasteiger partial charge in [0.05, 0.1) is 7.11 Å². The van der Waals surface area contributed by atoms with E-state index >= 15 is 0 Å². The molecule has 1 aliphatic carbocycles. The Bertz CT molecular complexity index is 961. The van der Waals surface area contributed by atoms with Gasteiger partial charge < -0.3 is 25.0 Å². The van der Waals surface area contributed by atoms with Crippen LogP contribution >= 0.6 is 12.6 Å². The van der Waals surface area contributed by atoms with E-state index in [-0.39, 0.29) is 24.3 Å². The van der Waals surface area contributed by atoms with E-state index in [0.717, 1.165) is 11.1 Å². The van der Waals surface area contributed by atoms with Crippen molar-refractivity contribution in [3.05, 3.63) is 34.9 Å². The van der Waals surface area contributed by atoms with Crippen molar-refractivity contribution >= 4 is 36.5 Å². The molecule has 0 bridgehead atoms. The summed E-state index contributed by atoms with van der Waals surface area (Å²) in [6.45, 7) is 10.7. The van der Waals surface area contributed by atoms with Gasteiger partial charge in [-0.3, -0.25) is 14.4 Å². The zero-order valence-corrected chi connectivity index (χ0v) is 22.4. The van der Waals surface area contributed by atoms with Crippen molar-refractivity contribution in [2.75, 3.05) is 19.4 Å². The summed E-state index contributed by atoms with van der Waals surface area (Å²) in [5.74, 6) is -1.38. The summed E-state index contributed by atoms with van der Waals surface area (Å²) in [5.41, 5.74) is 1.87. The average Bonchev–Trinajstić information content (AvgIpc) is 3.49. The number of nitrogens with zero attached hydrogens (tertiary/aromatic N) is 1. The molecule has 0 aliphatic heterocycles. The minimum Gasteiger partial charge on any atom is -0.468 e. The number of carbonyl (C=O) groups is 4. The van der Waals surface area contributed by atoms with Gasteiger partial charge in [0.1, 0.15) is 24.2 Å². The van der Waals surface area contributed by atoms with Gasteiger partial charge in [-0.2, -0.15) is 12.6 Å². The third-order valence-corrected chi connectivity index (χ3v) is 6.22. The maximum Gasteiger partial charge on any atom is 0.408 e. The van der Waals surface area contributed by atoms with Gasteiger partial charge in [0.15, 0.2) is 0 Å². The molecule has 194 valence electrons. The number of methoxy groups -OCH3 is 1. The molecule has 0 aromatic heterocycles. The first-order chi connectivity index (χ1) is 16.3. The summed E-state index contributed by atoms with van der Waals surface area (Å²) in [7, 11) is 1.23. The summed E-state index contributed by atoms with van der Waals surface area (Å²) in [6, 6.07) is 3.32. The van der Waals surface area contributed by atoms with Gasteiger partial charge in [0, 0.05) is 11.8 Å². The van der Waals surface area contributed by atoms with Crippen molar-refractivity contribution in [2.45, 2.75) is 71.7 Å². The van der Waals surface area contributed by atoms with Crippen molar-refractivity contribution < 1.29 is 28.7 Å². The number of hydrogen-bond donors (Lipinski definition) is 3. The second kappa shape index (κ2) is 11.8. The number of carbonyl (C=O) groups excluding carboxylic acids is 4. The van der Waals surface area contributed by atoms with E-state index in [2.05, 4.69) is 28.0 Å². The minimum absolute atomic E-state index is 0.0130. The van der Waals surface area contributed by atoms with Gasteiger partial charge in [0.25, 0.3) is 0 Å². The third kappa shape index (κ3) is 7.88. The van der Waals surface area contributed by atoms with Crippen molar-refractivity contribution in [1.82, 2.24) is 15.5 Å². The smallest absolute Gasteiger partial charge is 0.408 e. The van der Waals surface area contributed by atoms with Crippen LogP contribution in [0.4, 0.5) is 4.79 Å². The summed E-state index contributed by atoms with van der Waals surface area (Å²) in [5, 5.41) is 5.18. The summed E-state index contributed by atoms with van der Waals surface area (Å²) >= 11 is 4.29. The maximum atomic E-state index is 13.8. The van der Waals surface area contributed by atoms with Gasteiger partial charge in [-0.1, -0.05) is 25.1 Å². The Kier molecular flexibility index (Phi) is 9.60. The zero-order chi connectivity index (χ0) is 26.5. The molecule has 1 saturated carbocycles. The van der Waals surface area contributed by atoms with Crippen LogP contribution in [0.1, 0.15) is 56.8 Å². The van der Waals surface area contributed by atoms with E-state index < -0.39 is 41.6 Å². The average molecular weight is 508 g/mol. The van der Waals surface area contributed by atoms with E-state index in [1.165, 1.54) is 12.0 Å². The van der Waals surface area contributed by atoms with Crippen molar-refractivity contribution in [3.8, 4) is 0 Å². The van der Waals surface area contributed by atoms with Gasteiger partial charge in [0.2, 0.25) is 11.8 Å². The van der Waals surface area contributed by atoms with Gasteiger partial charge >= 0.3 is 12.1 Å². The van der Waals surface area contributed by atoms with Crippen LogP contribution in [-0.4, -0.2) is 65.9 Å². The molecule has 3 amide bonds. The van der Waals surface area contributed by atoms with Crippen LogP contribution in [0, 0.1) is 19.8 Å². The molecule has 4 unspecified atom stereocenters. The lowest BCUT2D eigenvalue weighted by Gasteiger charge is -2.35. The summed E-state index contributed by atoms with van der Waals surface area (Å²) in [4.78, 5) is 52.8. The highest BCUT2D eigenvalue weighted by Crippen LogP contribution is 2.41. The van der Waals surface area contributed by atoms with Crippen molar-refractivity contribution in [1.29, 1.82) is 0 Å². The van der Waals surface area contributed by atoms with Gasteiger partial charge in [-0.05, 0) is 63.6 Å². The number of benzene rings is 1. The predicted molar refractivity (Wildman–Crippen MR) is 135 cm³/mol. The van der Waals surface area contributed by atoms with Crippen LogP contribution in [-0.2, 0) is 23.9 Å². The van der Waals surface area contributed by atoms with Crippen molar-refractivity contribution in [2.24, 2.45) is 5.92 Å². The molecule has 1 aromatic rings. The lowest BCUT2D eigenvalue weighted by molar-refractivity contribution is -0.145. The van der Waals surface area contributed by atoms with E-state index in [1.807, 2.05) is 32.9 Å². The first-order valence-electron chi connectivity index (χ1n) is 11.6. The lowest BCUT2D eigenvalue weighted by atomic mass is 9.98. The standard InChI is InChI=1S/C25H37N3O6S/c1-14-8-9-17(10-15(14)2)21(22(30)26-12-20(29)33-7)28(19-11-16(19)3)23(31)18(13-35)27-24(32)34-25(4,5)6/h8-10,16,18-19,21,35H,11-13H2,1-7H3,(H,26,30)(H,27,32). The van der Waals surface area contributed by atoms with E-state index in [1.54, 1.807) is 26.8 Å². The number of nitrogens with one attached hydrogen (secondary N) is 2. The molecule has 35 heavy (non-hydrogen) atoms. The normalized spacial score (nSPS) is 18.6. The number of esters is 1. The molecule has 9 nitrogen and oxygen atoms in total. The zero-order valence-electron chi connectivity index (χ0n) is 21.5. The second-order valence-corrected chi connectivity index (χ2v) is 10.3. The molecular weight excluding hydrogens is 470 g/mol. The van der Waals surface area contributed by atoms with Crippen LogP contribution < -0.4 is 10.6 Å². The number of hydrogen-bond acceptors (Lipinski definition) is 7. The molecular formula is C25H37N3O6S. The molecule has 1 fully saturated rings. The Morgan fingerprint density at radius 3 is 2.29 bits per heavy atom. The molecule has 10 heteroatoms. The predicted octanol–water partition coefficient (Wildman–Crippen LogP) is 2.69. The molecule has 1 aromatic carbocycles. The molecule has 2 N–H and O–H groups in total. The van der Waals surface area contributed by atoms with E-state index in [9.17, 15) is 19.2 Å². The number of ether oxygens (including phenoxy) is 2. The van der Waals surface area contributed by atoms with Gasteiger partial charge in [-0.15, -0.1) is 0 Å². The highest BCUT2D eigenvalue weighted by atomic mass is 32.1. The van der Waals surface area contributed by atoms with Crippen LogP contribution in [0.25, 0.3) is 0 Å². The highest BCUT2D eigenvalue weighted by molar-refractivity contribution is 7.80.